The highest BCUT2D eigenvalue weighted by Crippen LogP contribution is 2.37. The molecule has 2 aliphatic rings. The number of nitrogens with zero attached hydrogens (tertiary/aromatic N) is 3. The maximum absolute atomic E-state index is 6.01. The molecule has 0 radical (unpaired) electrons. The van der Waals surface area contributed by atoms with E-state index >= 15 is 0 Å². The molecule has 4 rings (SSSR count). The molecule has 0 spiro atoms. The van der Waals surface area contributed by atoms with Crippen LogP contribution in [0.15, 0.2) is 24.3 Å². The Hall–Kier alpha value is -2.14. The summed E-state index contributed by atoms with van der Waals surface area (Å²) >= 11 is 0. The van der Waals surface area contributed by atoms with Crippen molar-refractivity contribution < 1.29 is 0 Å². The van der Waals surface area contributed by atoms with E-state index in [0.29, 0.717) is 12.0 Å². The maximum atomic E-state index is 6.01. The summed E-state index contributed by atoms with van der Waals surface area (Å²) in [5, 5.41) is 3.36. The molecule has 1 atom stereocenters. The fourth-order valence-corrected chi connectivity index (χ4v) is 3.62. The van der Waals surface area contributed by atoms with Gasteiger partial charge < -0.3 is 16.0 Å². The molecule has 1 aromatic heterocycles. The van der Waals surface area contributed by atoms with Crippen molar-refractivity contribution in [3.05, 3.63) is 35.4 Å². The van der Waals surface area contributed by atoms with Crippen molar-refractivity contribution in [2.24, 2.45) is 0 Å². The van der Waals surface area contributed by atoms with E-state index in [4.69, 9.17) is 5.73 Å². The van der Waals surface area contributed by atoms with Gasteiger partial charge >= 0.3 is 0 Å². The van der Waals surface area contributed by atoms with Gasteiger partial charge in [0.15, 0.2) is 0 Å². The van der Waals surface area contributed by atoms with Crippen LogP contribution in [0.5, 0.6) is 0 Å². The minimum atomic E-state index is 0.373. The lowest BCUT2D eigenvalue weighted by Gasteiger charge is -2.26. The molecule has 3 N–H and O–H groups in total. The zero-order valence-corrected chi connectivity index (χ0v) is 12.8. The summed E-state index contributed by atoms with van der Waals surface area (Å²) in [6.07, 6.45) is 3.18. The molecule has 1 aliphatic carbocycles. The number of nitrogens with one attached hydrogen (secondary N) is 1. The molecular formula is C17H21N5. The lowest BCUT2D eigenvalue weighted by atomic mass is 9.89. The van der Waals surface area contributed by atoms with Crippen LogP contribution in [0.4, 0.5) is 11.8 Å². The second-order valence-corrected chi connectivity index (χ2v) is 6.11. The van der Waals surface area contributed by atoms with Crippen molar-refractivity contribution in [3.63, 3.8) is 0 Å². The van der Waals surface area contributed by atoms with Gasteiger partial charge in [0, 0.05) is 30.3 Å². The zero-order valence-electron chi connectivity index (χ0n) is 12.8. The van der Waals surface area contributed by atoms with E-state index in [1.54, 1.807) is 0 Å². The van der Waals surface area contributed by atoms with Crippen LogP contribution in [0, 0.1) is 0 Å². The van der Waals surface area contributed by atoms with Crippen LogP contribution in [-0.2, 0) is 12.8 Å². The molecule has 22 heavy (non-hydrogen) atoms. The van der Waals surface area contributed by atoms with Crippen molar-refractivity contribution in [2.45, 2.75) is 25.3 Å². The van der Waals surface area contributed by atoms with Crippen LogP contribution < -0.4 is 16.0 Å². The number of benzene rings is 1. The number of hydrogen-bond acceptors (Lipinski definition) is 5. The van der Waals surface area contributed by atoms with Gasteiger partial charge in [0.2, 0.25) is 5.95 Å². The van der Waals surface area contributed by atoms with Crippen LogP contribution >= 0.6 is 0 Å². The number of anilines is 2. The lowest BCUT2D eigenvalue weighted by molar-refractivity contribution is 0.616. The van der Waals surface area contributed by atoms with Gasteiger partial charge in [-0.25, -0.2) is 4.98 Å². The molecule has 1 saturated heterocycles. The van der Waals surface area contributed by atoms with Gasteiger partial charge in [-0.05, 0) is 31.9 Å². The highest BCUT2D eigenvalue weighted by atomic mass is 15.2. The van der Waals surface area contributed by atoms with E-state index in [1.165, 1.54) is 16.7 Å². The number of nitrogens with two attached hydrogens (primary N) is 1. The molecule has 0 unspecified atom stereocenters. The maximum Gasteiger partial charge on any atom is 0.222 e. The molecular weight excluding hydrogens is 274 g/mol. The largest absolute Gasteiger partial charge is 0.368 e. The van der Waals surface area contributed by atoms with E-state index in [-0.39, 0.29) is 0 Å². The summed E-state index contributed by atoms with van der Waals surface area (Å²) in [6.45, 7) is 2.01. The first-order valence-electron chi connectivity index (χ1n) is 7.93. The number of nitrogen functional groups attached to an aromatic ring is 1. The topological polar surface area (TPSA) is 67.1 Å². The van der Waals surface area contributed by atoms with Crippen molar-refractivity contribution in [1.82, 2.24) is 15.3 Å². The van der Waals surface area contributed by atoms with Crippen molar-refractivity contribution in [1.29, 1.82) is 0 Å². The van der Waals surface area contributed by atoms with E-state index in [9.17, 15) is 0 Å². The van der Waals surface area contributed by atoms with Gasteiger partial charge in [0.05, 0.1) is 5.69 Å². The summed E-state index contributed by atoms with van der Waals surface area (Å²) in [5.74, 6) is 1.41. The lowest BCUT2D eigenvalue weighted by Crippen LogP contribution is -2.31. The first kappa shape index (κ1) is 13.5. The Balaban J connectivity index is 1.81. The minimum Gasteiger partial charge on any atom is -0.368 e. The molecule has 0 bridgehead atoms. The highest BCUT2D eigenvalue weighted by molar-refractivity contribution is 5.75. The third kappa shape index (κ3) is 2.13. The molecule has 2 aromatic rings. The van der Waals surface area contributed by atoms with E-state index < -0.39 is 0 Å². The van der Waals surface area contributed by atoms with Gasteiger partial charge in [0.1, 0.15) is 5.82 Å². The van der Waals surface area contributed by atoms with Crippen molar-refractivity contribution in [3.8, 4) is 11.3 Å². The third-order valence-electron chi connectivity index (χ3n) is 4.82. The SMILES string of the molecule is CN[C@@H]1CCN(c2nc(N)nc3c2CCc2ccccc2-3)C1. The molecule has 1 aromatic carbocycles. The first-order chi connectivity index (χ1) is 10.8. The number of hydrogen-bond donors (Lipinski definition) is 2. The quantitative estimate of drug-likeness (QED) is 0.881. The Labute approximate surface area is 130 Å². The third-order valence-corrected chi connectivity index (χ3v) is 4.82. The van der Waals surface area contributed by atoms with Crippen LogP contribution in [0.1, 0.15) is 17.5 Å². The molecule has 1 fully saturated rings. The minimum absolute atomic E-state index is 0.373. The Morgan fingerprint density at radius 3 is 2.91 bits per heavy atom. The average Bonchev–Trinajstić information content (AvgIpc) is 3.03. The predicted molar refractivity (Wildman–Crippen MR) is 89.0 cm³/mol. The molecule has 0 amide bonds. The predicted octanol–water partition coefficient (Wildman–Crippen LogP) is 1.62. The molecule has 0 saturated carbocycles. The van der Waals surface area contributed by atoms with E-state index in [1.807, 2.05) is 7.05 Å². The smallest absolute Gasteiger partial charge is 0.222 e. The summed E-state index contributed by atoms with van der Waals surface area (Å²) in [6, 6.07) is 9.02. The molecule has 2 heterocycles. The second-order valence-electron chi connectivity index (χ2n) is 6.11. The van der Waals surface area contributed by atoms with Gasteiger partial charge in [-0.1, -0.05) is 24.3 Å². The Bertz CT molecular complexity index is 712. The first-order valence-corrected chi connectivity index (χ1v) is 7.93. The van der Waals surface area contributed by atoms with Crippen molar-refractivity contribution in [2.75, 3.05) is 30.8 Å². The number of likely N-dealkylation sites (N-methyl/N-ethyl adjacent to an activating group) is 1. The molecule has 1 aliphatic heterocycles. The van der Waals surface area contributed by atoms with Crippen molar-refractivity contribution >= 4 is 11.8 Å². The summed E-state index contributed by atoms with van der Waals surface area (Å²) in [7, 11) is 2.02. The monoisotopic (exact) mass is 295 g/mol. The molecule has 5 nitrogen and oxygen atoms in total. The molecule has 5 heteroatoms. The molecule has 114 valence electrons. The van der Waals surface area contributed by atoms with E-state index in [0.717, 1.165) is 43.9 Å². The Morgan fingerprint density at radius 2 is 2.09 bits per heavy atom. The van der Waals surface area contributed by atoms with Gasteiger partial charge in [0.25, 0.3) is 0 Å². The van der Waals surface area contributed by atoms with Crippen LogP contribution in [0.2, 0.25) is 0 Å². The van der Waals surface area contributed by atoms with Gasteiger partial charge in [-0.2, -0.15) is 4.98 Å². The normalized spacial score (nSPS) is 19.9. The zero-order chi connectivity index (χ0) is 15.1. The van der Waals surface area contributed by atoms with Crippen LogP contribution in [-0.4, -0.2) is 36.1 Å². The fourth-order valence-electron chi connectivity index (χ4n) is 3.62. The van der Waals surface area contributed by atoms with E-state index in [2.05, 4.69) is 44.5 Å². The average molecular weight is 295 g/mol. The number of aryl methyl sites for hydroxylation is 1. The Morgan fingerprint density at radius 1 is 1.23 bits per heavy atom. The number of rotatable bonds is 2. The van der Waals surface area contributed by atoms with Gasteiger partial charge in [-0.3, -0.25) is 0 Å². The number of aromatic nitrogens is 2. The standard InChI is InChI=1S/C17H21N5/c1-19-12-8-9-22(10-12)16-14-7-6-11-4-2-3-5-13(11)15(14)20-17(18)21-16/h2-5,12,19H,6-10H2,1H3,(H2,18,20,21)/t12-/m1/s1. The Kier molecular flexibility index (Phi) is 3.22. The fraction of sp³-hybridized carbons (Fsp3) is 0.412. The van der Waals surface area contributed by atoms with Gasteiger partial charge in [-0.15, -0.1) is 0 Å². The van der Waals surface area contributed by atoms with Crippen LogP contribution in [0.3, 0.4) is 0 Å². The highest BCUT2D eigenvalue weighted by Gasteiger charge is 2.28. The second kappa shape index (κ2) is 5.25. The van der Waals surface area contributed by atoms with Crippen LogP contribution in [0.25, 0.3) is 11.3 Å². The number of fused-ring (bicyclic) bond motifs is 3. The summed E-state index contributed by atoms with van der Waals surface area (Å²) in [5.41, 5.74) is 10.9. The summed E-state index contributed by atoms with van der Waals surface area (Å²) in [4.78, 5) is 11.5. The summed E-state index contributed by atoms with van der Waals surface area (Å²) < 4.78 is 0.